The SMILES string of the molecule is CC(=O)c1cc(N)ccc1Cc1cncc(C)c1.CCC1CN(CCC(c2ccccc2)c2ccccc2)C1. The number of nitrogens with two attached hydrogens (primary N) is 1. The number of carbonyl (C=O) groups excluding carboxylic acids is 1. The molecule has 2 N–H and O–H groups in total. The van der Waals surface area contributed by atoms with Gasteiger partial charge in [0.1, 0.15) is 0 Å². The van der Waals surface area contributed by atoms with E-state index in [2.05, 4.69) is 83.5 Å². The van der Waals surface area contributed by atoms with E-state index in [4.69, 9.17) is 5.73 Å². The van der Waals surface area contributed by atoms with Crippen LogP contribution in [0.15, 0.2) is 97.3 Å². The Labute approximate surface area is 233 Å². The molecule has 3 aromatic carbocycles. The molecule has 1 aliphatic rings. The van der Waals surface area contributed by atoms with E-state index in [0.29, 0.717) is 23.6 Å². The van der Waals surface area contributed by atoms with Crippen molar-refractivity contribution in [2.75, 3.05) is 25.4 Å². The first-order valence-electron chi connectivity index (χ1n) is 14.0. The molecular weight excluding hydrogens is 478 g/mol. The van der Waals surface area contributed by atoms with Crippen LogP contribution in [0.2, 0.25) is 0 Å². The largest absolute Gasteiger partial charge is 0.399 e. The third-order valence-electron chi connectivity index (χ3n) is 7.59. The first-order chi connectivity index (χ1) is 18.9. The summed E-state index contributed by atoms with van der Waals surface area (Å²) in [5.74, 6) is 1.50. The van der Waals surface area contributed by atoms with Gasteiger partial charge in [0, 0.05) is 42.7 Å². The average molecular weight is 520 g/mol. The van der Waals surface area contributed by atoms with Crippen molar-refractivity contribution < 1.29 is 4.79 Å². The Morgan fingerprint density at radius 2 is 1.59 bits per heavy atom. The Morgan fingerprint density at radius 1 is 0.949 bits per heavy atom. The molecule has 0 amide bonds. The molecule has 0 spiro atoms. The molecule has 0 radical (unpaired) electrons. The Hall–Kier alpha value is -3.76. The minimum absolute atomic E-state index is 0.0397. The normalized spacial score (nSPS) is 13.4. The lowest BCUT2D eigenvalue weighted by Gasteiger charge is -2.39. The first kappa shape index (κ1) is 28.3. The van der Waals surface area contributed by atoms with Crippen molar-refractivity contribution >= 4 is 11.5 Å². The zero-order valence-electron chi connectivity index (χ0n) is 23.5. The van der Waals surface area contributed by atoms with Gasteiger partial charge in [0.2, 0.25) is 0 Å². The van der Waals surface area contributed by atoms with Gasteiger partial charge in [0.05, 0.1) is 0 Å². The van der Waals surface area contributed by atoms with Gasteiger partial charge in [-0.2, -0.15) is 0 Å². The highest BCUT2D eigenvalue weighted by atomic mass is 16.1. The predicted molar refractivity (Wildman–Crippen MR) is 162 cm³/mol. The molecule has 0 aliphatic carbocycles. The summed E-state index contributed by atoms with van der Waals surface area (Å²) in [7, 11) is 0. The Kier molecular flexibility index (Phi) is 10.0. The first-order valence-corrected chi connectivity index (χ1v) is 14.0. The van der Waals surface area contributed by atoms with Crippen LogP contribution in [-0.2, 0) is 6.42 Å². The van der Waals surface area contributed by atoms with Crippen LogP contribution in [0.1, 0.15) is 70.8 Å². The van der Waals surface area contributed by atoms with Crippen molar-refractivity contribution in [1.82, 2.24) is 9.88 Å². The van der Waals surface area contributed by atoms with Gasteiger partial charge in [0.15, 0.2) is 5.78 Å². The maximum atomic E-state index is 11.6. The molecule has 4 nitrogen and oxygen atoms in total. The zero-order chi connectivity index (χ0) is 27.6. The standard InChI is InChI=1S/C20H25N.C15H16N2O/c1-2-17-15-21(16-17)14-13-20(18-9-5-3-6-10-18)19-11-7-4-8-12-19;1-10-5-12(9-17-8-10)6-13-3-4-14(16)7-15(13)11(2)18/h3-12,17,20H,2,13-16H2,1H3;3-5,7-9H,6,16H2,1-2H3. The zero-order valence-corrected chi connectivity index (χ0v) is 23.5. The van der Waals surface area contributed by atoms with Gasteiger partial charge >= 0.3 is 0 Å². The Bertz CT molecular complexity index is 1290. The van der Waals surface area contributed by atoms with Crippen molar-refractivity contribution in [1.29, 1.82) is 0 Å². The van der Waals surface area contributed by atoms with Crippen LogP contribution >= 0.6 is 0 Å². The van der Waals surface area contributed by atoms with Gasteiger partial charge in [-0.1, -0.05) is 86.1 Å². The van der Waals surface area contributed by atoms with E-state index in [0.717, 1.165) is 22.6 Å². The molecule has 39 heavy (non-hydrogen) atoms. The average Bonchev–Trinajstić information content (AvgIpc) is 2.92. The van der Waals surface area contributed by atoms with Gasteiger partial charge in [-0.25, -0.2) is 0 Å². The number of Topliss-reactive ketones (excluding diaryl/α,β-unsaturated/α-hetero) is 1. The number of rotatable bonds is 9. The summed E-state index contributed by atoms with van der Waals surface area (Å²) in [4.78, 5) is 18.4. The van der Waals surface area contributed by atoms with Crippen LogP contribution in [0.25, 0.3) is 0 Å². The molecule has 0 saturated carbocycles. The lowest BCUT2D eigenvalue weighted by Crippen LogP contribution is -2.46. The number of hydrogen-bond donors (Lipinski definition) is 1. The van der Waals surface area contributed by atoms with Crippen LogP contribution in [-0.4, -0.2) is 35.3 Å². The third kappa shape index (κ3) is 8.11. The maximum Gasteiger partial charge on any atom is 0.160 e. The van der Waals surface area contributed by atoms with E-state index in [1.54, 1.807) is 13.0 Å². The van der Waals surface area contributed by atoms with Gasteiger partial charge in [-0.15, -0.1) is 0 Å². The van der Waals surface area contributed by atoms with Crippen molar-refractivity contribution in [3.63, 3.8) is 0 Å². The number of ketones is 1. The number of aryl methyl sites for hydroxylation is 1. The Morgan fingerprint density at radius 3 is 2.15 bits per heavy atom. The number of pyridine rings is 1. The number of carbonyl (C=O) groups is 1. The summed E-state index contributed by atoms with van der Waals surface area (Å²) in [6.45, 7) is 9.68. The minimum Gasteiger partial charge on any atom is -0.399 e. The number of aromatic nitrogens is 1. The molecule has 202 valence electrons. The fourth-order valence-corrected chi connectivity index (χ4v) is 5.34. The molecule has 0 unspecified atom stereocenters. The van der Waals surface area contributed by atoms with Crippen LogP contribution in [0, 0.1) is 12.8 Å². The molecule has 4 aromatic rings. The predicted octanol–water partition coefficient (Wildman–Crippen LogP) is 7.32. The molecule has 2 heterocycles. The second-order valence-corrected chi connectivity index (χ2v) is 10.7. The van der Waals surface area contributed by atoms with Crippen molar-refractivity contribution in [3.05, 3.63) is 131 Å². The van der Waals surface area contributed by atoms with Gasteiger partial charge in [-0.3, -0.25) is 9.78 Å². The Balaban J connectivity index is 0.000000183. The highest BCUT2D eigenvalue weighted by molar-refractivity contribution is 5.96. The lowest BCUT2D eigenvalue weighted by molar-refractivity contribution is 0.0953. The summed E-state index contributed by atoms with van der Waals surface area (Å²) in [5.41, 5.74) is 13.1. The van der Waals surface area contributed by atoms with Crippen molar-refractivity contribution in [3.8, 4) is 0 Å². The fraction of sp³-hybridized carbons (Fsp3) is 0.314. The van der Waals surface area contributed by atoms with Crippen LogP contribution in [0.5, 0.6) is 0 Å². The van der Waals surface area contributed by atoms with Crippen LogP contribution in [0.4, 0.5) is 5.69 Å². The van der Waals surface area contributed by atoms with E-state index in [1.165, 1.54) is 43.6 Å². The lowest BCUT2D eigenvalue weighted by atomic mass is 9.87. The summed E-state index contributed by atoms with van der Waals surface area (Å²) in [6.07, 6.45) is 6.89. The number of nitrogen functional groups attached to an aromatic ring is 1. The fourth-order valence-electron chi connectivity index (χ4n) is 5.34. The smallest absolute Gasteiger partial charge is 0.160 e. The van der Waals surface area contributed by atoms with Crippen LogP contribution < -0.4 is 5.73 Å². The maximum absolute atomic E-state index is 11.6. The highest BCUT2D eigenvalue weighted by Gasteiger charge is 2.25. The highest BCUT2D eigenvalue weighted by Crippen LogP contribution is 2.29. The topological polar surface area (TPSA) is 59.2 Å². The summed E-state index contributed by atoms with van der Waals surface area (Å²) >= 11 is 0. The van der Waals surface area contributed by atoms with Gasteiger partial charge in [0.25, 0.3) is 0 Å². The van der Waals surface area contributed by atoms with Crippen molar-refractivity contribution in [2.45, 2.75) is 46.0 Å². The number of hydrogen-bond acceptors (Lipinski definition) is 4. The van der Waals surface area contributed by atoms with Gasteiger partial charge in [-0.05, 0) is 79.1 Å². The molecule has 0 bridgehead atoms. The number of nitrogens with zero attached hydrogens (tertiary/aromatic N) is 2. The van der Waals surface area contributed by atoms with E-state index < -0.39 is 0 Å². The molecule has 0 atom stereocenters. The molecule has 1 saturated heterocycles. The van der Waals surface area contributed by atoms with E-state index in [-0.39, 0.29) is 5.78 Å². The minimum atomic E-state index is 0.0397. The van der Waals surface area contributed by atoms with E-state index in [1.807, 2.05) is 31.5 Å². The third-order valence-corrected chi connectivity index (χ3v) is 7.59. The number of anilines is 1. The molecule has 1 fully saturated rings. The summed E-state index contributed by atoms with van der Waals surface area (Å²) in [6, 6.07) is 29.4. The second kappa shape index (κ2) is 13.9. The van der Waals surface area contributed by atoms with Crippen LogP contribution in [0.3, 0.4) is 0 Å². The van der Waals surface area contributed by atoms with E-state index in [9.17, 15) is 4.79 Å². The monoisotopic (exact) mass is 519 g/mol. The second-order valence-electron chi connectivity index (χ2n) is 10.7. The van der Waals surface area contributed by atoms with Crippen molar-refractivity contribution in [2.24, 2.45) is 5.92 Å². The van der Waals surface area contributed by atoms with E-state index >= 15 is 0 Å². The molecule has 4 heteroatoms. The van der Waals surface area contributed by atoms with Gasteiger partial charge < -0.3 is 10.6 Å². The summed E-state index contributed by atoms with van der Waals surface area (Å²) in [5, 5.41) is 0. The quantitative estimate of drug-likeness (QED) is 0.186. The molecule has 5 rings (SSSR count). The summed E-state index contributed by atoms with van der Waals surface area (Å²) < 4.78 is 0. The number of likely N-dealkylation sites (tertiary alicyclic amines) is 1. The molecule has 1 aromatic heterocycles. The molecule has 1 aliphatic heterocycles. The molecular formula is C35H41N3O. The number of benzene rings is 3.